The normalized spacial score (nSPS) is 32.7. The second kappa shape index (κ2) is 4.07. The van der Waals surface area contributed by atoms with E-state index in [0.29, 0.717) is 12.1 Å². The highest BCUT2D eigenvalue weighted by molar-refractivity contribution is 5.80. The Morgan fingerprint density at radius 2 is 1.62 bits per heavy atom. The van der Waals surface area contributed by atoms with Gasteiger partial charge in [-0.3, -0.25) is 9.59 Å². The van der Waals surface area contributed by atoms with Gasteiger partial charge in [-0.25, -0.2) is 0 Å². The fourth-order valence-corrected chi connectivity index (χ4v) is 3.26. The lowest BCUT2D eigenvalue weighted by Crippen LogP contribution is -2.48. The molecular formula is C12H20N2O2. The first-order valence-corrected chi connectivity index (χ1v) is 6.00. The van der Waals surface area contributed by atoms with Gasteiger partial charge >= 0.3 is 0 Å². The zero-order chi connectivity index (χ0) is 11.9. The minimum atomic E-state index is 0.128. The van der Waals surface area contributed by atoms with Crippen LogP contribution in [0.4, 0.5) is 0 Å². The number of nitrogens with zero attached hydrogens (tertiary/aromatic N) is 2. The van der Waals surface area contributed by atoms with Crippen molar-refractivity contribution in [3.63, 3.8) is 0 Å². The Kier molecular flexibility index (Phi) is 2.91. The Hall–Kier alpha value is -1.06. The molecule has 0 aromatic rings. The van der Waals surface area contributed by atoms with Crippen molar-refractivity contribution in [3.05, 3.63) is 0 Å². The lowest BCUT2D eigenvalue weighted by molar-refractivity contribution is -0.141. The van der Waals surface area contributed by atoms with Gasteiger partial charge in [0.15, 0.2) is 0 Å². The minimum absolute atomic E-state index is 0.128. The molecule has 0 spiro atoms. The number of piperidine rings is 1. The predicted octanol–water partition coefficient (Wildman–Crippen LogP) is 0.864. The molecule has 0 N–H and O–H groups in total. The van der Waals surface area contributed by atoms with Crippen molar-refractivity contribution < 1.29 is 9.59 Å². The molecule has 2 amide bonds. The summed E-state index contributed by atoms with van der Waals surface area (Å²) in [6, 6.07) is 0.621. The van der Waals surface area contributed by atoms with Crippen LogP contribution in [-0.2, 0) is 9.59 Å². The standard InChI is InChI=1S/C12H20N2O2/c1-8(15)14-10-4-5-11(14)7-9(6-10)12(16)13(2)3/h9-11H,4-7H2,1-3H3. The summed E-state index contributed by atoms with van der Waals surface area (Å²) in [7, 11) is 3.61. The van der Waals surface area contributed by atoms with E-state index < -0.39 is 0 Å². The van der Waals surface area contributed by atoms with E-state index in [4.69, 9.17) is 0 Å². The molecule has 2 rings (SSSR count). The third-order valence-corrected chi connectivity index (χ3v) is 3.89. The van der Waals surface area contributed by atoms with Gasteiger partial charge in [0, 0.05) is 39.0 Å². The number of carbonyl (C=O) groups is 2. The molecule has 0 saturated carbocycles. The molecule has 0 aromatic heterocycles. The maximum absolute atomic E-state index is 11.9. The highest BCUT2D eigenvalue weighted by atomic mass is 16.2. The summed E-state index contributed by atoms with van der Waals surface area (Å²) in [5.41, 5.74) is 0. The van der Waals surface area contributed by atoms with Gasteiger partial charge in [0.25, 0.3) is 0 Å². The lowest BCUT2D eigenvalue weighted by atomic mass is 9.89. The Labute approximate surface area is 96.6 Å². The fourth-order valence-electron chi connectivity index (χ4n) is 3.26. The van der Waals surface area contributed by atoms with Crippen LogP contribution in [0.25, 0.3) is 0 Å². The van der Waals surface area contributed by atoms with Gasteiger partial charge in [0.05, 0.1) is 0 Å². The molecule has 2 heterocycles. The van der Waals surface area contributed by atoms with Gasteiger partial charge in [0.2, 0.25) is 11.8 Å². The Balaban J connectivity index is 2.07. The molecule has 4 heteroatoms. The van der Waals surface area contributed by atoms with E-state index in [1.807, 2.05) is 19.0 Å². The van der Waals surface area contributed by atoms with Crippen LogP contribution in [-0.4, -0.2) is 47.8 Å². The molecule has 2 aliphatic heterocycles. The summed E-state index contributed by atoms with van der Waals surface area (Å²) < 4.78 is 0. The van der Waals surface area contributed by atoms with E-state index in [2.05, 4.69) is 0 Å². The van der Waals surface area contributed by atoms with E-state index in [-0.39, 0.29) is 17.7 Å². The molecule has 2 unspecified atom stereocenters. The van der Waals surface area contributed by atoms with E-state index in [0.717, 1.165) is 25.7 Å². The number of amides is 2. The second-order valence-corrected chi connectivity index (χ2v) is 5.21. The number of hydrogen-bond donors (Lipinski definition) is 0. The van der Waals surface area contributed by atoms with Gasteiger partial charge < -0.3 is 9.80 Å². The molecule has 16 heavy (non-hydrogen) atoms. The van der Waals surface area contributed by atoms with Crippen LogP contribution in [0.1, 0.15) is 32.6 Å². The van der Waals surface area contributed by atoms with E-state index in [1.54, 1.807) is 11.8 Å². The summed E-state index contributed by atoms with van der Waals surface area (Å²) in [4.78, 5) is 27.1. The fraction of sp³-hybridized carbons (Fsp3) is 0.833. The molecule has 0 aromatic carbocycles. The van der Waals surface area contributed by atoms with E-state index >= 15 is 0 Å². The van der Waals surface area contributed by atoms with Crippen LogP contribution in [0, 0.1) is 5.92 Å². The van der Waals surface area contributed by atoms with Crippen molar-refractivity contribution in [2.75, 3.05) is 14.1 Å². The zero-order valence-corrected chi connectivity index (χ0v) is 10.3. The van der Waals surface area contributed by atoms with Crippen LogP contribution in [0.15, 0.2) is 0 Å². The van der Waals surface area contributed by atoms with Crippen LogP contribution >= 0.6 is 0 Å². The summed E-state index contributed by atoms with van der Waals surface area (Å²) in [6.07, 6.45) is 3.85. The maximum atomic E-state index is 11.9. The largest absolute Gasteiger partial charge is 0.349 e. The third kappa shape index (κ3) is 1.81. The molecular weight excluding hydrogens is 204 g/mol. The third-order valence-electron chi connectivity index (χ3n) is 3.89. The van der Waals surface area contributed by atoms with Crippen LogP contribution in [0.5, 0.6) is 0 Å². The van der Waals surface area contributed by atoms with Crippen LogP contribution in [0.3, 0.4) is 0 Å². The number of hydrogen-bond acceptors (Lipinski definition) is 2. The Morgan fingerprint density at radius 1 is 1.12 bits per heavy atom. The van der Waals surface area contributed by atoms with Crippen molar-refractivity contribution >= 4 is 11.8 Å². The van der Waals surface area contributed by atoms with Crippen molar-refractivity contribution in [1.82, 2.24) is 9.80 Å². The average Bonchev–Trinajstić information content (AvgIpc) is 2.49. The molecule has 2 fully saturated rings. The van der Waals surface area contributed by atoms with Gasteiger partial charge in [0.1, 0.15) is 0 Å². The van der Waals surface area contributed by atoms with Crippen molar-refractivity contribution in [2.24, 2.45) is 5.92 Å². The topological polar surface area (TPSA) is 40.6 Å². The molecule has 2 bridgehead atoms. The number of rotatable bonds is 1. The van der Waals surface area contributed by atoms with Crippen LogP contribution < -0.4 is 0 Å². The van der Waals surface area contributed by atoms with Crippen molar-refractivity contribution in [1.29, 1.82) is 0 Å². The number of carbonyl (C=O) groups excluding carboxylic acids is 2. The summed E-state index contributed by atoms with van der Waals surface area (Å²) in [5, 5.41) is 0. The summed E-state index contributed by atoms with van der Waals surface area (Å²) in [6.45, 7) is 1.64. The van der Waals surface area contributed by atoms with Gasteiger partial charge in [-0.1, -0.05) is 0 Å². The smallest absolute Gasteiger partial charge is 0.225 e. The Morgan fingerprint density at radius 3 is 2.00 bits per heavy atom. The van der Waals surface area contributed by atoms with Crippen molar-refractivity contribution in [3.8, 4) is 0 Å². The lowest BCUT2D eigenvalue weighted by Gasteiger charge is -2.38. The molecule has 2 atom stereocenters. The average molecular weight is 224 g/mol. The molecule has 2 aliphatic rings. The van der Waals surface area contributed by atoms with Gasteiger partial charge in [-0.2, -0.15) is 0 Å². The maximum Gasteiger partial charge on any atom is 0.225 e. The second-order valence-electron chi connectivity index (χ2n) is 5.21. The molecule has 0 aliphatic carbocycles. The minimum Gasteiger partial charge on any atom is -0.349 e. The zero-order valence-electron chi connectivity index (χ0n) is 10.3. The first-order chi connectivity index (χ1) is 7.50. The monoisotopic (exact) mass is 224 g/mol. The SMILES string of the molecule is CC(=O)N1C2CCC1CC(C(=O)N(C)C)C2. The van der Waals surface area contributed by atoms with Crippen LogP contribution in [0.2, 0.25) is 0 Å². The molecule has 0 radical (unpaired) electrons. The van der Waals surface area contributed by atoms with E-state index in [1.165, 1.54) is 0 Å². The summed E-state index contributed by atoms with van der Waals surface area (Å²) in [5.74, 6) is 0.520. The van der Waals surface area contributed by atoms with E-state index in [9.17, 15) is 9.59 Å². The highest BCUT2D eigenvalue weighted by Gasteiger charge is 2.44. The van der Waals surface area contributed by atoms with Crippen molar-refractivity contribution in [2.45, 2.75) is 44.7 Å². The van der Waals surface area contributed by atoms with Gasteiger partial charge in [-0.05, 0) is 25.7 Å². The Bertz CT molecular complexity index is 300. The summed E-state index contributed by atoms with van der Waals surface area (Å²) >= 11 is 0. The number of fused-ring (bicyclic) bond motifs is 2. The molecule has 90 valence electrons. The molecule has 2 saturated heterocycles. The first kappa shape index (κ1) is 11.4. The quantitative estimate of drug-likeness (QED) is 0.663. The van der Waals surface area contributed by atoms with Gasteiger partial charge in [-0.15, -0.1) is 0 Å². The molecule has 4 nitrogen and oxygen atoms in total. The highest BCUT2D eigenvalue weighted by Crippen LogP contribution is 2.39. The predicted molar refractivity (Wildman–Crippen MR) is 60.7 cm³/mol. The first-order valence-electron chi connectivity index (χ1n) is 6.00.